The first-order chi connectivity index (χ1) is 10.4. The molecule has 2 aromatic rings. The van der Waals surface area contributed by atoms with Crippen LogP contribution in [-0.2, 0) is 13.6 Å². The van der Waals surface area contributed by atoms with Crippen molar-refractivity contribution in [3.05, 3.63) is 35.4 Å². The molecule has 0 fully saturated rings. The van der Waals surface area contributed by atoms with Crippen LogP contribution in [0.3, 0.4) is 0 Å². The van der Waals surface area contributed by atoms with Gasteiger partial charge in [-0.3, -0.25) is 9.05 Å². The summed E-state index contributed by atoms with van der Waals surface area (Å²) in [5.41, 5.74) is 1.38. The minimum Gasteiger partial charge on any atom is -0.507 e. The summed E-state index contributed by atoms with van der Waals surface area (Å²) in [4.78, 5) is 0. The third-order valence-corrected chi connectivity index (χ3v) is 5.02. The molecule has 5 nitrogen and oxygen atoms in total. The van der Waals surface area contributed by atoms with E-state index in [0.29, 0.717) is 27.6 Å². The van der Waals surface area contributed by atoms with Gasteiger partial charge < -0.3 is 9.63 Å². The molecule has 0 amide bonds. The van der Waals surface area contributed by atoms with Gasteiger partial charge in [-0.05, 0) is 38.8 Å². The summed E-state index contributed by atoms with van der Waals surface area (Å²) in [6.07, 6.45) is 0. The summed E-state index contributed by atoms with van der Waals surface area (Å²) in [5.74, 6) is 0.610. The van der Waals surface area contributed by atoms with Crippen molar-refractivity contribution < 1.29 is 23.2 Å². The Morgan fingerprint density at radius 2 is 1.55 bits per heavy atom. The third-order valence-electron chi connectivity index (χ3n) is 3.46. The van der Waals surface area contributed by atoms with Crippen LogP contribution in [-0.4, -0.2) is 18.3 Å². The molecule has 2 rings (SSSR count). The predicted molar refractivity (Wildman–Crippen MR) is 86.6 cm³/mol. The number of hydrogen-bond acceptors (Lipinski definition) is 5. The molecule has 0 atom stereocenters. The van der Waals surface area contributed by atoms with Crippen LogP contribution in [0.5, 0.6) is 11.5 Å². The van der Waals surface area contributed by atoms with Gasteiger partial charge in [-0.1, -0.05) is 24.3 Å². The lowest BCUT2D eigenvalue weighted by Crippen LogP contribution is -2.04. The summed E-state index contributed by atoms with van der Waals surface area (Å²) in [5, 5.41) is 11.6. The number of fused-ring (bicyclic) bond motifs is 1. The average Bonchev–Trinajstić information content (AvgIpc) is 2.50. The van der Waals surface area contributed by atoms with Gasteiger partial charge in [0.15, 0.2) is 0 Å². The SMILES string of the molecule is CCOP(=O)(OCC)Oc1c(C)c(C)c(O)c2ccccc12. The van der Waals surface area contributed by atoms with Gasteiger partial charge >= 0.3 is 7.82 Å². The van der Waals surface area contributed by atoms with Gasteiger partial charge in [-0.15, -0.1) is 0 Å². The number of phenolic OH excluding ortho intramolecular Hbond substituents is 1. The second-order valence-electron chi connectivity index (χ2n) is 4.85. The predicted octanol–water partition coefficient (Wildman–Crippen LogP) is 4.72. The molecule has 22 heavy (non-hydrogen) atoms. The Bertz CT molecular complexity index is 716. The summed E-state index contributed by atoms with van der Waals surface area (Å²) in [6, 6.07) is 7.25. The number of rotatable bonds is 6. The molecule has 0 bridgehead atoms. The van der Waals surface area contributed by atoms with Crippen molar-refractivity contribution in [2.24, 2.45) is 0 Å². The van der Waals surface area contributed by atoms with E-state index in [-0.39, 0.29) is 19.0 Å². The molecule has 0 aliphatic carbocycles. The molecule has 0 aromatic heterocycles. The monoisotopic (exact) mass is 324 g/mol. The second kappa shape index (κ2) is 6.69. The normalized spacial score (nSPS) is 11.8. The van der Waals surface area contributed by atoms with Gasteiger partial charge in [0, 0.05) is 10.8 Å². The first kappa shape index (κ1) is 16.8. The number of phosphoric acid groups is 1. The van der Waals surface area contributed by atoms with E-state index in [1.165, 1.54) is 0 Å². The maximum absolute atomic E-state index is 12.6. The van der Waals surface area contributed by atoms with Crippen LogP contribution < -0.4 is 4.52 Å². The zero-order chi connectivity index (χ0) is 16.3. The molecule has 0 saturated carbocycles. The zero-order valence-electron chi connectivity index (χ0n) is 13.3. The van der Waals surface area contributed by atoms with E-state index in [0.717, 1.165) is 0 Å². The van der Waals surface area contributed by atoms with Gasteiger partial charge in [0.2, 0.25) is 0 Å². The number of benzene rings is 2. The molecule has 120 valence electrons. The smallest absolute Gasteiger partial charge is 0.507 e. The molecule has 0 spiro atoms. The van der Waals surface area contributed by atoms with Crippen LogP contribution in [0.1, 0.15) is 25.0 Å². The van der Waals surface area contributed by atoms with Crippen molar-refractivity contribution in [2.75, 3.05) is 13.2 Å². The van der Waals surface area contributed by atoms with E-state index in [1.807, 2.05) is 12.1 Å². The first-order valence-corrected chi connectivity index (χ1v) is 8.69. The summed E-state index contributed by atoms with van der Waals surface area (Å²) < 4.78 is 28.7. The largest absolute Gasteiger partial charge is 0.530 e. The van der Waals surface area contributed by atoms with Gasteiger partial charge in [0.25, 0.3) is 0 Å². The Labute approximate surface area is 130 Å². The lowest BCUT2D eigenvalue weighted by atomic mass is 10.00. The molecule has 0 saturated heterocycles. The van der Waals surface area contributed by atoms with E-state index in [4.69, 9.17) is 13.6 Å². The minimum atomic E-state index is -3.69. The second-order valence-corrected chi connectivity index (χ2v) is 6.44. The van der Waals surface area contributed by atoms with Gasteiger partial charge in [0.05, 0.1) is 13.2 Å². The molecule has 0 radical (unpaired) electrons. The van der Waals surface area contributed by atoms with Gasteiger partial charge in [-0.2, -0.15) is 0 Å². The summed E-state index contributed by atoms with van der Waals surface area (Å²) >= 11 is 0. The van der Waals surface area contributed by atoms with Crippen LogP contribution in [0.2, 0.25) is 0 Å². The van der Waals surface area contributed by atoms with Crippen molar-refractivity contribution in [3.63, 3.8) is 0 Å². The Balaban J connectivity index is 2.62. The van der Waals surface area contributed by atoms with Crippen LogP contribution in [0, 0.1) is 13.8 Å². The standard InChI is InChI=1S/C16H21O5P/c1-5-19-22(18,20-6-2)21-16-12(4)11(3)15(17)13-9-7-8-10-14(13)16/h7-10,17H,5-6H2,1-4H3. The van der Waals surface area contributed by atoms with E-state index < -0.39 is 7.82 Å². The molecule has 6 heteroatoms. The third kappa shape index (κ3) is 3.12. The topological polar surface area (TPSA) is 65.0 Å². The molecule has 0 heterocycles. The average molecular weight is 324 g/mol. The number of phenols is 1. The maximum Gasteiger partial charge on any atom is 0.530 e. The van der Waals surface area contributed by atoms with Crippen LogP contribution >= 0.6 is 7.82 Å². The maximum atomic E-state index is 12.6. The number of phosphoric ester groups is 1. The molecular formula is C16H21O5P. The quantitative estimate of drug-likeness (QED) is 0.779. The highest BCUT2D eigenvalue weighted by Gasteiger charge is 2.30. The highest BCUT2D eigenvalue weighted by molar-refractivity contribution is 7.48. The van der Waals surface area contributed by atoms with E-state index >= 15 is 0 Å². The number of hydrogen-bond donors (Lipinski definition) is 1. The Morgan fingerprint density at radius 3 is 2.09 bits per heavy atom. The van der Waals surface area contributed by atoms with Gasteiger partial charge in [-0.25, -0.2) is 4.57 Å². The molecule has 0 unspecified atom stereocenters. The van der Waals surface area contributed by atoms with E-state index in [1.54, 1.807) is 39.8 Å². The molecule has 0 aliphatic heterocycles. The van der Waals surface area contributed by atoms with Crippen molar-refractivity contribution in [3.8, 4) is 11.5 Å². The molecule has 1 N–H and O–H groups in total. The fraction of sp³-hybridized carbons (Fsp3) is 0.375. The van der Waals surface area contributed by atoms with Crippen molar-refractivity contribution in [1.29, 1.82) is 0 Å². The van der Waals surface area contributed by atoms with Crippen molar-refractivity contribution in [2.45, 2.75) is 27.7 Å². The Morgan fingerprint density at radius 1 is 1.00 bits per heavy atom. The molecule has 2 aromatic carbocycles. The first-order valence-electron chi connectivity index (χ1n) is 7.23. The highest BCUT2D eigenvalue weighted by atomic mass is 31.2. The van der Waals surface area contributed by atoms with Gasteiger partial charge in [0.1, 0.15) is 11.5 Å². The summed E-state index contributed by atoms with van der Waals surface area (Å²) in [6.45, 7) is 7.47. The van der Waals surface area contributed by atoms with Crippen molar-refractivity contribution >= 4 is 18.6 Å². The zero-order valence-corrected chi connectivity index (χ0v) is 14.1. The van der Waals surface area contributed by atoms with Crippen LogP contribution in [0.25, 0.3) is 10.8 Å². The lowest BCUT2D eigenvalue weighted by Gasteiger charge is -2.21. The lowest BCUT2D eigenvalue weighted by molar-refractivity contribution is 0.168. The number of aromatic hydroxyl groups is 1. The summed E-state index contributed by atoms with van der Waals surface area (Å²) in [7, 11) is -3.69. The van der Waals surface area contributed by atoms with Crippen LogP contribution in [0.15, 0.2) is 24.3 Å². The Kier molecular flexibility index (Phi) is 5.12. The fourth-order valence-electron chi connectivity index (χ4n) is 2.28. The van der Waals surface area contributed by atoms with Crippen molar-refractivity contribution in [1.82, 2.24) is 0 Å². The van der Waals surface area contributed by atoms with E-state index in [9.17, 15) is 9.67 Å². The fourth-order valence-corrected chi connectivity index (χ4v) is 3.55. The Hall–Kier alpha value is -1.55. The minimum absolute atomic E-state index is 0.197. The molecular weight excluding hydrogens is 303 g/mol. The van der Waals surface area contributed by atoms with E-state index in [2.05, 4.69) is 0 Å². The molecule has 0 aliphatic rings. The highest BCUT2D eigenvalue weighted by Crippen LogP contribution is 2.52. The van der Waals surface area contributed by atoms with Crippen LogP contribution in [0.4, 0.5) is 0 Å².